The predicted octanol–water partition coefficient (Wildman–Crippen LogP) is 3.31. The SMILES string of the molecule is C=C(N=NN)c1c(CCC)[nH]n2c(=O)cc(-c3ccc4c(cnn4CC)c3)nc12. The lowest BCUT2D eigenvalue weighted by atomic mass is 10.1. The second-order valence-electron chi connectivity index (χ2n) is 6.75. The topological polar surface area (TPSA) is 119 Å². The van der Waals surface area contributed by atoms with E-state index in [2.05, 4.69) is 34.0 Å². The monoisotopic (exact) mass is 390 g/mol. The minimum absolute atomic E-state index is 0.213. The summed E-state index contributed by atoms with van der Waals surface area (Å²) in [6.07, 6.45) is 3.42. The Balaban J connectivity index is 1.93. The smallest absolute Gasteiger partial charge is 0.273 e. The van der Waals surface area contributed by atoms with Gasteiger partial charge in [0.1, 0.15) is 0 Å². The van der Waals surface area contributed by atoms with E-state index < -0.39 is 0 Å². The van der Waals surface area contributed by atoms with E-state index in [1.807, 2.05) is 36.0 Å². The van der Waals surface area contributed by atoms with Gasteiger partial charge in [-0.1, -0.05) is 31.2 Å². The molecule has 0 aliphatic heterocycles. The third-order valence-corrected chi connectivity index (χ3v) is 4.90. The zero-order valence-electron chi connectivity index (χ0n) is 16.4. The maximum atomic E-state index is 12.8. The fraction of sp³-hybridized carbons (Fsp3) is 0.250. The molecule has 0 unspecified atom stereocenters. The van der Waals surface area contributed by atoms with Crippen molar-refractivity contribution >= 4 is 22.2 Å². The van der Waals surface area contributed by atoms with Crippen molar-refractivity contribution in [3.63, 3.8) is 0 Å². The van der Waals surface area contributed by atoms with Gasteiger partial charge in [-0.05, 0) is 25.5 Å². The first-order valence-corrected chi connectivity index (χ1v) is 9.48. The molecule has 0 atom stereocenters. The van der Waals surface area contributed by atoms with Crippen LogP contribution in [0.2, 0.25) is 0 Å². The lowest BCUT2D eigenvalue weighted by Crippen LogP contribution is -2.14. The first-order valence-electron chi connectivity index (χ1n) is 9.48. The molecule has 148 valence electrons. The Morgan fingerprint density at radius 3 is 2.86 bits per heavy atom. The summed E-state index contributed by atoms with van der Waals surface area (Å²) in [6, 6.07) is 7.44. The van der Waals surface area contributed by atoms with Crippen LogP contribution in [-0.4, -0.2) is 24.4 Å². The summed E-state index contributed by atoms with van der Waals surface area (Å²) in [5.41, 5.74) is 4.53. The minimum atomic E-state index is -0.213. The molecule has 4 aromatic rings. The second kappa shape index (κ2) is 7.34. The van der Waals surface area contributed by atoms with Crippen molar-refractivity contribution in [3.8, 4) is 11.3 Å². The number of aromatic amines is 1. The van der Waals surface area contributed by atoms with E-state index in [1.54, 1.807) is 0 Å². The molecule has 4 rings (SSSR count). The van der Waals surface area contributed by atoms with Crippen LogP contribution in [0.5, 0.6) is 0 Å². The van der Waals surface area contributed by atoms with Gasteiger partial charge in [0.05, 0.1) is 28.7 Å². The Morgan fingerprint density at radius 2 is 2.14 bits per heavy atom. The van der Waals surface area contributed by atoms with Crippen LogP contribution in [0.15, 0.2) is 52.2 Å². The number of hydrogen-bond donors (Lipinski definition) is 2. The molecule has 9 heteroatoms. The van der Waals surface area contributed by atoms with E-state index in [0.29, 0.717) is 22.6 Å². The largest absolute Gasteiger partial charge is 0.305 e. The molecule has 1 aromatic carbocycles. The summed E-state index contributed by atoms with van der Waals surface area (Å²) in [5, 5.41) is 15.7. The molecule has 3 heterocycles. The number of hydrogen-bond acceptors (Lipinski definition) is 5. The van der Waals surface area contributed by atoms with E-state index in [4.69, 9.17) is 10.8 Å². The van der Waals surface area contributed by atoms with E-state index in [0.717, 1.165) is 41.5 Å². The third-order valence-electron chi connectivity index (χ3n) is 4.90. The van der Waals surface area contributed by atoms with Gasteiger partial charge in [-0.15, -0.1) is 5.11 Å². The highest BCUT2D eigenvalue weighted by Crippen LogP contribution is 2.27. The zero-order chi connectivity index (χ0) is 20.5. The molecule has 0 saturated heterocycles. The molecule has 3 N–H and O–H groups in total. The van der Waals surface area contributed by atoms with Crippen LogP contribution in [0.1, 0.15) is 31.5 Å². The molecular formula is C20H22N8O. The first kappa shape index (κ1) is 18.6. The molecule has 0 fully saturated rings. The van der Waals surface area contributed by atoms with Crippen LogP contribution >= 0.6 is 0 Å². The molecule has 0 saturated carbocycles. The minimum Gasteiger partial charge on any atom is -0.305 e. The maximum Gasteiger partial charge on any atom is 0.273 e. The number of nitrogens with zero attached hydrogens (tertiary/aromatic N) is 6. The summed E-state index contributed by atoms with van der Waals surface area (Å²) in [5.74, 6) is 5.21. The summed E-state index contributed by atoms with van der Waals surface area (Å²) in [6.45, 7) is 8.83. The highest BCUT2D eigenvalue weighted by Gasteiger charge is 2.18. The first-order chi connectivity index (χ1) is 14.1. The van der Waals surface area contributed by atoms with E-state index >= 15 is 0 Å². The molecule has 0 spiro atoms. The van der Waals surface area contributed by atoms with Crippen molar-refractivity contribution < 1.29 is 0 Å². The highest BCUT2D eigenvalue weighted by atomic mass is 16.1. The van der Waals surface area contributed by atoms with Gasteiger partial charge < -0.3 is 5.84 Å². The third kappa shape index (κ3) is 3.10. The number of rotatable bonds is 6. The van der Waals surface area contributed by atoms with Gasteiger partial charge in [0.25, 0.3) is 5.56 Å². The average Bonchev–Trinajstić information content (AvgIpc) is 3.29. The van der Waals surface area contributed by atoms with Gasteiger partial charge in [0.2, 0.25) is 0 Å². The fourth-order valence-electron chi connectivity index (χ4n) is 3.58. The maximum absolute atomic E-state index is 12.8. The lowest BCUT2D eigenvalue weighted by molar-refractivity contribution is 0.684. The van der Waals surface area contributed by atoms with Crippen LogP contribution < -0.4 is 11.4 Å². The normalized spacial score (nSPS) is 11.8. The zero-order valence-corrected chi connectivity index (χ0v) is 16.4. The molecule has 0 radical (unpaired) electrons. The van der Waals surface area contributed by atoms with Gasteiger partial charge in [-0.25, -0.2) is 9.50 Å². The molecule has 29 heavy (non-hydrogen) atoms. The van der Waals surface area contributed by atoms with E-state index in [1.165, 1.54) is 10.6 Å². The van der Waals surface area contributed by atoms with Gasteiger partial charge in [0.15, 0.2) is 5.65 Å². The second-order valence-corrected chi connectivity index (χ2v) is 6.75. The number of aryl methyl sites for hydroxylation is 2. The lowest BCUT2D eigenvalue weighted by Gasteiger charge is -2.04. The van der Waals surface area contributed by atoms with Crippen LogP contribution in [0.3, 0.4) is 0 Å². The Morgan fingerprint density at radius 1 is 1.31 bits per heavy atom. The van der Waals surface area contributed by atoms with Gasteiger partial charge in [-0.2, -0.15) is 5.10 Å². The average molecular weight is 390 g/mol. The molecule has 0 bridgehead atoms. The highest BCUT2D eigenvalue weighted by molar-refractivity contribution is 5.84. The van der Waals surface area contributed by atoms with Gasteiger partial charge in [0, 0.05) is 29.3 Å². The van der Waals surface area contributed by atoms with Crippen LogP contribution in [0.4, 0.5) is 0 Å². The number of nitrogens with one attached hydrogen (secondary N) is 1. The van der Waals surface area contributed by atoms with Crippen LogP contribution in [0.25, 0.3) is 33.5 Å². The fourth-order valence-corrected chi connectivity index (χ4v) is 3.58. The molecule has 0 aliphatic rings. The molecule has 9 nitrogen and oxygen atoms in total. The van der Waals surface area contributed by atoms with Crippen molar-refractivity contribution in [2.75, 3.05) is 0 Å². The van der Waals surface area contributed by atoms with E-state index in [-0.39, 0.29) is 5.56 Å². The Bertz CT molecular complexity index is 1310. The molecule has 0 aliphatic carbocycles. The van der Waals surface area contributed by atoms with E-state index in [9.17, 15) is 4.79 Å². The number of aromatic nitrogens is 5. The van der Waals surface area contributed by atoms with Crippen molar-refractivity contribution in [1.29, 1.82) is 0 Å². The van der Waals surface area contributed by atoms with Crippen molar-refractivity contribution in [1.82, 2.24) is 24.4 Å². The van der Waals surface area contributed by atoms with Gasteiger partial charge >= 0.3 is 0 Å². The van der Waals surface area contributed by atoms with Crippen molar-refractivity contribution in [3.05, 3.63) is 58.7 Å². The number of fused-ring (bicyclic) bond motifs is 2. The molecule has 0 amide bonds. The molecule has 3 aromatic heterocycles. The Hall–Kier alpha value is -3.75. The number of benzene rings is 1. The standard InChI is InChI=1S/C20H22N8O/c1-4-6-15-19(12(3)24-26-21)20-23-16(10-18(29)28(20)25-15)13-7-8-17-14(9-13)11-22-27(17)5-2/h7-11,25H,3-6H2,1-2H3,(H2,21,24). The molecular weight excluding hydrogens is 368 g/mol. The van der Waals surface area contributed by atoms with Gasteiger partial charge in [-0.3, -0.25) is 14.6 Å². The summed E-state index contributed by atoms with van der Waals surface area (Å²) in [4.78, 5) is 17.6. The number of nitrogens with two attached hydrogens (primary N) is 1. The summed E-state index contributed by atoms with van der Waals surface area (Å²) >= 11 is 0. The predicted molar refractivity (Wildman–Crippen MR) is 112 cm³/mol. The summed E-state index contributed by atoms with van der Waals surface area (Å²) in [7, 11) is 0. The quantitative estimate of drug-likeness (QED) is 0.298. The van der Waals surface area contributed by atoms with Crippen LogP contribution in [0, 0.1) is 0 Å². The summed E-state index contributed by atoms with van der Waals surface area (Å²) < 4.78 is 3.34. The van der Waals surface area contributed by atoms with Crippen LogP contribution in [-0.2, 0) is 13.0 Å². The Kier molecular flexibility index (Phi) is 4.71. The number of H-pyrrole nitrogens is 1. The van der Waals surface area contributed by atoms with Crippen molar-refractivity contribution in [2.45, 2.75) is 33.2 Å². The van der Waals surface area contributed by atoms with Crippen molar-refractivity contribution in [2.24, 2.45) is 16.2 Å². The Labute approximate surface area is 166 Å².